The Morgan fingerprint density at radius 3 is 2.68 bits per heavy atom. The molecule has 4 aliphatic carbocycles. The van der Waals surface area contributed by atoms with Crippen molar-refractivity contribution in [2.24, 2.45) is 40.4 Å². The molecule has 2 saturated carbocycles. The van der Waals surface area contributed by atoms with Gasteiger partial charge >= 0.3 is 5.97 Å². The maximum atomic E-state index is 11.9. The van der Waals surface area contributed by atoms with Crippen molar-refractivity contribution in [2.75, 3.05) is 0 Å². The van der Waals surface area contributed by atoms with Crippen molar-refractivity contribution in [1.82, 2.24) is 0 Å². The number of rotatable bonds is 2. The molecule has 7 atom stereocenters. The summed E-state index contributed by atoms with van der Waals surface area (Å²) in [6.07, 6.45) is 12.6. The van der Waals surface area contributed by atoms with Crippen molar-refractivity contribution in [2.45, 2.75) is 59.3 Å². The monoisotopic (exact) mass is 342 g/mol. The van der Waals surface area contributed by atoms with Crippen molar-refractivity contribution in [3.05, 3.63) is 23.8 Å². The lowest BCUT2D eigenvalue weighted by atomic mass is 9.48. The highest BCUT2D eigenvalue weighted by Crippen LogP contribution is 2.66. The van der Waals surface area contributed by atoms with Crippen LogP contribution in [0.3, 0.4) is 0 Å². The van der Waals surface area contributed by atoms with E-state index < -0.39 is 5.97 Å². The predicted octanol–water partition coefficient (Wildman–Crippen LogP) is 4.63. The van der Waals surface area contributed by atoms with E-state index in [2.05, 4.69) is 26.0 Å². The normalized spacial score (nSPS) is 46.7. The van der Waals surface area contributed by atoms with Crippen LogP contribution in [0.5, 0.6) is 0 Å². The van der Waals surface area contributed by atoms with E-state index >= 15 is 0 Å². The fraction of sp³-hybridized carbons (Fsp3) is 0.727. The summed E-state index contributed by atoms with van der Waals surface area (Å²) in [6.45, 7) is 6.62. The van der Waals surface area contributed by atoms with Gasteiger partial charge in [0.1, 0.15) is 0 Å². The van der Waals surface area contributed by atoms with Gasteiger partial charge in [-0.3, -0.25) is 9.59 Å². The van der Waals surface area contributed by atoms with Crippen LogP contribution in [0, 0.1) is 40.4 Å². The van der Waals surface area contributed by atoms with Crippen molar-refractivity contribution in [1.29, 1.82) is 0 Å². The Balaban J connectivity index is 1.68. The molecule has 25 heavy (non-hydrogen) atoms. The zero-order valence-electron chi connectivity index (χ0n) is 15.6. The molecular weight excluding hydrogens is 312 g/mol. The Bertz CT molecular complexity index is 675. The fourth-order valence-corrected chi connectivity index (χ4v) is 7.03. The highest BCUT2D eigenvalue weighted by molar-refractivity contribution is 5.92. The van der Waals surface area contributed by atoms with E-state index in [9.17, 15) is 14.7 Å². The molecule has 0 amide bonds. The summed E-state index contributed by atoms with van der Waals surface area (Å²) in [6, 6.07) is 0. The molecule has 0 spiro atoms. The average Bonchev–Trinajstić information content (AvgIpc) is 2.92. The summed E-state index contributed by atoms with van der Waals surface area (Å²) >= 11 is 0. The van der Waals surface area contributed by atoms with Crippen molar-refractivity contribution in [3.8, 4) is 0 Å². The Labute approximate surface area is 150 Å². The average molecular weight is 342 g/mol. The Morgan fingerprint density at radius 1 is 1.20 bits per heavy atom. The molecule has 0 heterocycles. The molecule has 4 aliphatic rings. The minimum Gasteiger partial charge on any atom is -0.481 e. The van der Waals surface area contributed by atoms with Crippen LogP contribution in [0.4, 0.5) is 0 Å². The van der Waals surface area contributed by atoms with Gasteiger partial charge in [0.15, 0.2) is 5.78 Å². The maximum Gasteiger partial charge on any atom is 0.306 e. The van der Waals surface area contributed by atoms with E-state index in [4.69, 9.17) is 0 Å². The summed E-state index contributed by atoms with van der Waals surface area (Å²) < 4.78 is 0. The fourth-order valence-electron chi connectivity index (χ4n) is 7.03. The molecule has 0 aromatic carbocycles. The van der Waals surface area contributed by atoms with Crippen LogP contribution in [0.1, 0.15) is 59.3 Å². The molecule has 0 bridgehead atoms. The molecule has 0 aromatic rings. The first-order valence-electron chi connectivity index (χ1n) is 9.93. The van der Waals surface area contributed by atoms with Gasteiger partial charge in [-0.1, -0.05) is 32.9 Å². The van der Waals surface area contributed by atoms with Crippen molar-refractivity contribution in [3.63, 3.8) is 0 Å². The van der Waals surface area contributed by atoms with E-state index in [0.29, 0.717) is 30.1 Å². The molecule has 0 saturated heterocycles. The summed E-state index contributed by atoms with van der Waals surface area (Å²) in [7, 11) is 0. The topological polar surface area (TPSA) is 54.4 Å². The van der Waals surface area contributed by atoms with Gasteiger partial charge in [-0.15, -0.1) is 0 Å². The molecule has 2 fully saturated rings. The molecular formula is C22H30O3. The second kappa shape index (κ2) is 5.56. The molecule has 3 nitrogen and oxygen atoms in total. The van der Waals surface area contributed by atoms with E-state index in [0.717, 1.165) is 32.1 Å². The van der Waals surface area contributed by atoms with Crippen molar-refractivity contribution < 1.29 is 14.7 Å². The molecule has 4 rings (SSSR count). The molecule has 2 unspecified atom stereocenters. The van der Waals surface area contributed by atoms with Gasteiger partial charge in [-0.05, 0) is 78.3 Å². The lowest BCUT2D eigenvalue weighted by Crippen LogP contribution is -2.49. The van der Waals surface area contributed by atoms with Gasteiger partial charge in [0.05, 0.1) is 5.92 Å². The third-order valence-electron chi connectivity index (χ3n) is 8.58. The van der Waals surface area contributed by atoms with Crippen LogP contribution in [0.2, 0.25) is 0 Å². The first-order chi connectivity index (χ1) is 11.8. The van der Waals surface area contributed by atoms with E-state index in [1.54, 1.807) is 0 Å². The van der Waals surface area contributed by atoms with Crippen LogP contribution in [-0.2, 0) is 9.59 Å². The lowest BCUT2D eigenvalue weighted by Gasteiger charge is -2.56. The number of fused-ring (bicyclic) bond motifs is 5. The second-order valence-corrected chi connectivity index (χ2v) is 9.49. The van der Waals surface area contributed by atoms with Gasteiger partial charge in [0.25, 0.3) is 0 Å². The number of carbonyl (C=O) groups excluding carboxylic acids is 1. The van der Waals surface area contributed by atoms with Gasteiger partial charge in [0.2, 0.25) is 0 Å². The molecule has 0 radical (unpaired) electrons. The van der Waals surface area contributed by atoms with Crippen molar-refractivity contribution >= 4 is 11.8 Å². The van der Waals surface area contributed by atoms with Crippen LogP contribution in [-0.4, -0.2) is 16.9 Å². The van der Waals surface area contributed by atoms with E-state index in [1.165, 1.54) is 5.57 Å². The van der Waals surface area contributed by atoms with Gasteiger partial charge < -0.3 is 5.11 Å². The molecule has 3 heteroatoms. The van der Waals surface area contributed by atoms with Gasteiger partial charge in [-0.2, -0.15) is 0 Å². The number of carboxylic acids is 1. The Hall–Kier alpha value is -1.38. The second-order valence-electron chi connectivity index (χ2n) is 9.49. The summed E-state index contributed by atoms with van der Waals surface area (Å²) in [4.78, 5) is 23.5. The number of hydrogen-bond donors (Lipinski definition) is 1. The Kier molecular flexibility index (Phi) is 3.79. The van der Waals surface area contributed by atoms with Gasteiger partial charge in [-0.25, -0.2) is 0 Å². The standard InChI is InChI=1S/C22H30O3/c1-13(20(24)25)17-6-7-18-16-5-4-14-12-15(23)8-10-21(14,2)19(16)9-11-22(17,18)3/h4-5,12-13,16-19H,6-11H2,1-3H3,(H,24,25)/t13?,16-,17?,18-,19-,21-,22+/m0/s1. The first-order valence-corrected chi connectivity index (χ1v) is 9.93. The number of ketones is 1. The number of hydrogen-bond acceptors (Lipinski definition) is 2. The first kappa shape index (κ1) is 17.1. The SMILES string of the molecule is CC(C(=O)O)C1CC[C@H]2[C@@H]3C=CC4=CC(=O)CC[C@]4(C)[C@H]3CC[C@]12C. The summed E-state index contributed by atoms with van der Waals surface area (Å²) in [5, 5.41) is 9.55. The highest BCUT2D eigenvalue weighted by Gasteiger charge is 2.59. The van der Waals surface area contributed by atoms with Crippen LogP contribution in [0.25, 0.3) is 0 Å². The Morgan fingerprint density at radius 2 is 1.96 bits per heavy atom. The molecule has 0 aliphatic heterocycles. The van der Waals surface area contributed by atoms with Crippen LogP contribution >= 0.6 is 0 Å². The molecule has 1 N–H and O–H groups in total. The van der Waals surface area contributed by atoms with Crippen LogP contribution < -0.4 is 0 Å². The number of carbonyl (C=O) groups is 2. The number of aliphatic carboxylic acids is 1. The lowest BCUT2D eigenvalue weighted by molar-refractivity contribution is -0.145. The number of allylic oxidation sites excluding steroid dienone is 4. The summed E-state index contributed by atoms with van der Waals surface area (Å²) in [5.74, 6) is 1.40. The van der Waals surface area contributed by atoms with Crippen LogP contribution in [0.15, 0.2) is 23.8 Å². The summed E-state index contributed by atoms with van der Waals surface area (Å²) in [5.41, 5.74) is 1.51. The largest absolute Gasteiger partial charge is 0.481 e. The zero-order chi connectivity index (χ0) is 18.0. The molecule has 136 valence electrons. The van der Waals surface area contributed by atoms with Gasteiger partial charge in [0, 0.05) is 6.42 Å². The quantitative estimate of drug-likeness (QED) is 0.796. The third kappa shape index (κ3) is 2.30. The highest BCUT2D eigenvalue weighted by atomic mass is 16.4. The smallest absolute Gasteiger partial charge is 0.306 e. The maximum absolute atomic E-state index is 11.9. The predicted molar refractivity (Wildman–Crippen MR) is 96.9 cm³/mol. The third-order valence-corrected chi connectivity index (χ3v) is 8.58. The number of carboxylic acid groups (broad SMARTS) is 1. The van der Waals surface area contributed by atoms with E-state index in [1.807, 2.05) is 13.0 Å². The zero-order valence-corrected chi connectivity index (χ0v) is 15.6. The minimum atomic E-state index is -0.642. The van der Waals surface area contributed by atoms with E-state index in [-0.39, 0.29) is 22.5 Å². The minimum absolute atomic E-state index is 0.130. The molecule has 0 aromatic heterocycles.